The second-order valence-corrected chi connectivity index (χ2v) is 7.59. The van der Waals surface area contributed by atoms with Gasteiger partial charge in [0, 0.05) is 12.1 Å². The summed E-state index contributed by atoms with van der Waals surface area (Å²) in [5, 5.41) is 5.38. The highest BCUT2D eigenvalue weighted by atomic mass is 32.1. The number of benzene rings is 1. The van der Waals surface area contributed by atoms with Crippen LogP contribution in [0.4, 0.5) is 0 Å². The van der Waals surface area contributed by atoms with Crippen LogP contribution in [0, 0.1) is 5.92 Å². The first-order valence-corrected chi connectivity index (χ1v) is 9.29. The number of carbonyl (C=O) groups is 1. The van der Waals surface area contributed by atoms with Crippen LogP contribution in [0.5, 0.6) is 0 Å². The third-order valence-electron chi connectivity index (χ3n) is 5.41. The van der Waals surface area contributed by atoms with Gasteiger partial charge >= 0.3 is 0 Å². The third kappa shape index (κ3) is 2.81. The number of nitrogens with zero attached hydrogens (tertiary/aromatic N) is 1. The molecule has 4 heteroatoms. The summed E-state index contributed by atoms with van der Waals surface area (Å²) in [4.78, 5) is 16.0. The van der Waals surface area contributed by atoms with E-state index in [4.69, 9.17) is 0 Å². The lowest BCUT2D eigenvalue weighted by Crippen LogP contribution is -2.62. The summed E-state index contributed by atoms with van der Waals surface area (Å²) >= 11 is 1.54. The van der Waals surface area contributed by atoms with E-state index in [-0.39, 0.29) is 5.91 Å². The monoisotopic (exact) mass is 326 g/mol. The van der Waals surface area contributed by atoms with Crippen LogP contribution in [0.2, 0.25) is 0 Å². The van der Waals surface area contributed by atoms with Gasteiger partial charge in [-0.2, -0.15) is 0 Å². The van der Waals surface area contributed by atoms with Crippen LogP contribution in [-0.2, 0) is 0 Å². The van der Waals surface area contributed by atoms with Crippen molar-refractivity contribution in [2.75, 3.05) is 13.1 Å². The van der Waals surface area contributed by atoms with E-state index in [1.165, 1.54) is 42.8 Å². The highest BCUT2D eigenvalue weighted by Crippen LogP contribution is 2.33. The molecule has 5 rings (SSSR count). The Morgan fingerprint density at radius 1 is 1.17 bits per heavy atom. The van der Waals surface area contributed by atoms with Crippen molar-refractivity contribution in [2.24, 2.45) is 5.92 Å². The molecule has 4 heterocycles. The van der Waals surface area contributed by atoms with E-state index >= 15 is 0 Å². The summed E-state index contributed by atoms with van der Waals surface area (Å²) in [5.41, 5.74) is 2.29. The smallest absolute Gasteiger partial charge is 0.261 e. The van der Waals surface area contributed by atoms with Crippen molar-refractivity contribution in [1.29, 1.82) is 0 Å². The quantitative estimate of drug-likeness (QED) is 0.934. The van der Waals surface area contributed by atoms with Crippen LogP contribution in [0.3, 0.4) is 0 Å². The number of hydrogen-bond donors (Lipinski definition) is 1. The van der Waals surface area contributed by atoms with E-state index in [1.807, 2.05) is 24.3 Å². The first-order chi connectivity index (χ1) is 11.2. The number of hydrogen-bond acceptors (Lipinski definition) is 3. The van der Waals surface area contributed by atoms with Crippen molar-refractivity contribution >= 4 is 17.2 Å². The second kappa shape index (κ2) is 6.10. The maximum Gasteiger partial charge on any atom is 0.261 e. The number of rotatable bonds is 3. The molecule has 0 radical (unpaired) electrons. The minimum Gasteiger partial charge on any atom is -0.347 e. The molecule has 1 aromatic carbocycles. The van der Waals surface area contributed by atoms with Crippen molar-refractivity contribution in [3.05, 3.63) is 46.7 Å². The molecule has 3 fully saturated rings. The summed E-state index contributed by atoms with van der Waals surface area (Å²) in [7, 11) is 0. The van der Waals surface area contributed by atoms with Crippen LogP contribution in [-0.4, -0.2) is 36.0 Å². The Labute approximate surface area is 141 Å². The normalized spacial score (nSPS) is 29.4. The molecule has 3 nitrogen and oxygen atoms in total. The molecule has 120 valence electrons. The van der Waals surface area contributed by atoms with Crippen molar-refractivity contribution in [3.8, 4) is 11.1 Å². The largest absolute Gasteiger partial charge is 0.347 e. The standard InChI is InChI=1S/C19H22N2OS/c1-13-18(15-7-9-21(13)10-8-15)20-19(22)17-11-16(12-23-17)14-5-3-2-4-6-14/h2-6,11-13,15,18H,7-10H2,1H3,(H,20,22). The summed E-state index contributed by atoms with van der Waals surface area (Å²) < 4.78 is 0. The Bertz CT molecular complexity index is 686. The van der Waals surface area contributed by atoms with Gasteiger partial charge in [0.1, 0.15) is 0 Å². The van der Waals surface area contributed by atoms with Crippen LogP contribution in [0.15, 0.2) is 41.8 Å². The van der Waals surface area contributed by atoms with Gasteiger partial charge in [0.2, 0.25) is 0 Å². The fourth-order valence-electron chi connectivity index (χ4n) is 4.01. The number of amides is 1. The van der Waals surface area contributed by atoms with E-state index in [2.05, 4.69) is 34.7 Å². The Morgan fingerprint density at radius 2 is 1.91 bits per heavy atom. The molecule has 1 amide bonds. The van der Waals surface area contributed by atoms with Crippen LogP contribution >= 0.6 is 11.3 Å². The predicted octanol–water partition coefficient (Wildman–Crippen LogP) is 3.63. The Balaban J connectivity index is 1.49. The molecule has 1 N–H and O–H groups in total. The van der Waals surface area contributed by atoms with Crippen LogP contribution in [0.25, 0.3) is 11.1 Å². The average Bonchev–Trinajstić information content (AvgIpc) is 3.09. The van der Waals surface area contributed by atoms with Crippen molar-refractivity contribution < 1.29 is 4.79 Å². The molecular weight excluding hydrogens is 304 g/mol. The fourth-order valence-corrected chi connectivity index (χ4v) is 4.82. The van der Waals surface area contributed by atoms with Gasteiger partial charge in [-0.25, -0.2) is 0 Å². The molecule has 0 saturated carbocycles. The zero-order valence-electron chi connectivity index (χ0n) is 13.4. The fraction of sp³-hybridized carbons (Fsp3) is 0.421. The van der Waals surface area contributed by atoms with Crippen molar-refractivity contribution in [1.82, 2.24) is 10.2 Å². The van der Waals surface area contributed by atoms with Gasteiger partial charge in [-0.3, -0.25) is 9.69 Å². The summed E-state index contributed by atoms with van der Waals surface area (Å²) in [6.45, 7) is 4.63. The topological polar surface area (TPSA) is 32.3 Å². The van der Waals surface area contributed by atoms with Crippen molar-refractivity contribution in [2.45, 2.75) is 31.8 Å². The molecule has 23 heavy (non-hydrogen) atoms. The lowest BCUT2D eigenvalue weighted by Gasteiger charge is -2.49. The van der Waals surface area contributed by atoms with Crippen LogP contribution in [0.1, 0.15) is 29.4 Å². The molecular formula is C19H22N2OS. The van der Waals surface area contributed by atoms with E-state index in [0.29, 0.717) is 18.0 Å². The maximum atomic E-state index is 12.7. The Hall–Kier alpha value is -1.65. The van der Waals surface area contributed by atoms with Gasteiger partial charge in [-0.15, -0.1) is 11.3 Å². The summed E-state index contributed by atoms with van der Waals surface area (Å²) in [6, 6.07) is 13.0. The lowest BCUT2D eigenvalue weighted by atomic mass is 9.79. The zero-order chi connectivity index (χ0) is 15.8. The maximum absolute atomic E-state index is 12.7. The summed E-state index contributed by atoms with van der Waals surface area (Å²) in [6.07, 6.45) is 2.43. The van der Waals surface area contributed by atoms with Gasteiger partial charge in [-0.05, 0) is 61.3 Å². The molecule has 2 atom stereocenters. The average molecular weight is 326 g/mol. The lowest BCUT2D eigenvalue weighted by molar-refractivity contribution is 0.0218. The summed E-state index contributed by atoms with van der Waals surface area (Å²) in [5.74, 6) is 0.732. The third-order valence-corrected chi connectivity index (χ3v) is 6.33. The Kier molecular flexibility index (Phi) is 3.95. The van der Waals surface area contributed by atoms with E-state index in [1.54, 1.807) is 0 Å². The van der Waals surface area contributed by atoms with Gasteiger partial charge in [-0.1, -0.05) is 30.3 Å². The molecule has 1 aromatic heterocycles. The van der Waals surface area contributed by atoms with Crippen LogP contribution < -0.4 is 5.32 Å². The van der Waals surface area contributed by atoms with Gasteiger partial charge in [0.25, 0.3) is 5.91 Å². The minimum absolute atomic E-state index is 0.0859. The molecule has 0 spiro atoms. The molecule has 2 unspecified atom stereocenters. The molecule has 0 aliphatic carbocycles. The highest BCUT2D eigenvalue weighted by molar-refractivity contribution is 7.12. The molecule has 2 bridgehead atoms. The number of carbonyl (C=O) groups excluding carboxylic acids is 1. The van der Waals surface area contributed by atoms with E-state index in [0.717, 1.165) is 10.4 Å². The SMILES string of the molecule is CC1C(NC(=O)c2cc(-c3ccccc3)cs2)C2CCN1CC2. The number of thiophene rings is 1. The number of fused-ring (bicyclic) bond motifs is 3. The molecule has 3 aliphatic heterocycles. The molecule has 3 saturated heterocycles. The number of nitrogens with one attached hydrogen (secondary N) is 1. The first-order valence-electron chi connectivity index (χ1n) is 8.41. The first kappa shape index (κ1) is 14.9. The molecule has 3 aliphatic rings. The highest BCUT2D eigenvalue weighted by Gasteiger charge is 2.40. The van der Waals surface area contributed by atoms with Gasteiger partial charge in [0.05, 0.1) is 4.88 Å². The van der Waals surface area contributed by atoms with Crippen molar-refractivity contribution in [3.63, 3.8) is 0 Å². The molecule has 2 aromatic rings. The van der Waals surface area contributed by atoms with E-state index in [9.17, 15) is 4.79 Å². The van der Waals surface area contributed by atoms with Gasteiger partial charge < -0.3 is 5.32 Å². The predicted molar refractivity (Wildman–Crippen MR) is 94.8 cm³/mol. The minimum atomic E-state index is 0.0859. The van der Waals surface area contributed by atoms with E-state index < -0.39 is 0 Å². The zero-order valence-corrected chi connectivity index (χ0v) is 14.2. The van der Waals surface area contributed by atoms with Gasteiger partial charge in [0.15, 0.2) is 0 Å². The Morgan fingerprint density at radius 3 is 2.61 bits per heavy atom. The second-order valence-electron chi connectivity index (χ2n) is 6.68. The number of piperidine rings is 3.